The van der Waals surface area contributed by atoms with Crippen LogP contribution >= 0.6 is 27.3 Å². The second kappa shape index (κ2) is 6.64. The summed E-state index contributed by atoms with van der Waals surface area (Å²) >= 11 is 4.47. The Labute approximate surface area is 130 Å². The van der Waals surface area contributed by atoms with Crippen LogP contribution in [0.5, 0.6) is 0 Å². The van der Waals surface area contributed by atoms with Gasteiger partial charge in [0, 0.05) is 12.3 Å². The van der Waals surface area contributed by atoms with Gasteiger partial charge in [-0.15, -0.1) is 11.3 Å². The maximum Gasteiger partial charge on any atom is 0.328 e. The average Bonchev–Trinajstić information content (AvgIpc) is 2.86. The van der Waals surface area contributed by atoms with Crippen molar-refractivity contribution >= 4 is 39.0 Å². The topological polar surface area (TPSA) is 98.2 Å². The van der Waals surface area contributed by atoms with Gasteiger partial charge >= 0.3 is 11.7 Å². The maximum absolute atomic E-state index is 11.7. The molecule has 0 aromatic carbocycles. The predicted octanol–water partition coefficient (Wildman–Crippen LogP) is 0.787. The Morgan fingerprint density at radius 2 is 2.05 bits per heavy atom. The molecule has 110 valence electrons. The predicted molar refractivity (Wildman–Crippen MR) is 78.6 cm³/mol. The molecule has 2 aromatic heterocycles. The number of ether oxygens (including phenoxy) is 1. The molecule has 0 fully saturated rings. The first-order valence-corrected chi connectivity index (χ1v) is 7.30. The third-order valence-electron chi connectivity index (χ3n) is 2.41. The summed E-state index contributed by atoms with van der Waals surface area (Å²) in [5.74, 6) is -1.07. The highest BCUT2D eigenvalue weighted by molar-refractivity contribution is 9.11. The molecule has 0 radical (unpaired) electrons. The number of rotatable bonds is 5. The fourth-order valence-electron chi connectivity index (χ4n) is 1.43. The van der Waals surface area contributed by atoms with Gasteiger partial charge in [-0.1, -0.05) is 0 Å². The van der Waals surface area contributed by atoms with Crippen molar-refractivity contribution in [3.05, 3.63) is 53.9 Å². The van der Waals surface area contributed by atoms with Crippen molar-refractivity contribution in [2.45, 2.75) is 6.54 Å². The number of carbonyl (C=O) groups is 2. The number of aromatic nitrogens is 2. The molecule has 0 atom stereocenters. The van der Waals surface area contributed by atoms with E-state index in [1.54, 1.807) is 12.1 Å². The highest BCUT2D eigenvalue weighted by Gasteiger charge is 2.12. The van der Waals surface area contributed by atoms with Gasteiger partial charge in [-0.2, -0.15) is 0 Å². The smallest absolute Gasteiger partial charge is 0.328 e. The Bertz CT molecular complexity index is 791. The van der Waals surface area contributed by atoms with E-state index in [1.165, 1.54) is 17.5 Å². The van der Waals surface area contributed by atoms with Crippen LogP contribution < -0.4 is 11.2 Å². The van der Waals surface area contributed by atoms with Crippen LogP contribution in [0.3, 0.4) is 0 Å². The SMILES string of the molecule is O=C(Cn1ccc(=O)[nH]c1=O)OCC(=O)c1ccc(Br)s1. The molecule has 2 aromatic rings. The fraction of sp³-hybridized carbons (Fsp3) is 0.167. The Hall–Kier alpha value is -2.00. The first-order chi connectivity index (χ1) is 9.95. The second-order valence-electron chi connectivity index (χ2n) is 3.93. The van der Waals surface area contributed by atoms with Crippen LogP contribution in [-0.2, 0) is 16.1 Å². The number of halogens is 1. The Morgan fingerprint density at radius 1 is 1.29 bits per heavy atom. The average molecular weight is 373 g/mol. The van der Waals surface area contributed by atoms with Gasteiger partial charge in [0.05, 0.1) is 8.66 Å². The largest absolute Gasteiger partial charge is 0.456 e. The van der Waals surface area contributed by atoms with Crippen LogP contribution in [0.1, 0.15) is 9.67 Å². The van der Waals surface area contributed by atoms with E-state index in [2.05, 4.69) is 15.9 Å². The van der Waals surface area contributed by atoms with E-state index in [1.807, 2.05) is 4.98 Å². The highest BCUT2D eigenvalue weighted by Crippen LogP contribution is 2.22. The lowest BCUT2D eigenvalue weighted by Crippen LogP contribution is -2.31. The quantitative estimate of drug-likeness (QED) is 0.617. The molecule has 2 heterocycles. The Morgan fingerprint density at radius 3 is 2.67 bits per heavy atom. The van der Waals surface area contributed by atoms with Crippen LogP contribution in [0.4, 0.5) is 0 Å². The minimum Gasteiger partial charge on any atom is -0.456 e. The number of H-pyrrole nitrogens is 1. The van der Waals surface area contributed by atoms with Crippen LogP contribution in [0.25, 0.3) is 0 Å². The Balaban J connectivity index is 1.92. The highest BCUT2D eigenvalue weighted by atomic mass is 79.9. The van der Waals surface area contributed by atoms with Crippen molar-refractivity contribution in [3.63, 3.8) is 0 Å². The molecule has 9 heteroatoms. The molecule has 2 rings (SSSR count). The lowest BCUT2D eigenvalue weighted by Gasteiger charge is -2.05. The number of Topliss-reactive ketones (excluding diaryl/α,β-unsaturated/α-hetero) is 1. The fourth-order valence-corrected chi connectivity index (χ4v) is 2.75. The van der Waals surface area contributed by atoms with Crippen molar-refractivity contribution in [2.24, 2.45) is 0 Å². The summed E-state index contributed by atoms with van der Waals surface area (Å²) in [5.41, 5.74) is -1.27. The molecule has 21 heavy (non-hydrogen) atoms. The van der Waals surface area contributed by atoms with E-state index >= 15 is 0 Å². The van der Waals surface area contributed by atoms with Gasteiger partial charge in [-0.3, -0.25) is 23.9 Å². The van der Waals surface area contributed by atoms with E-state index in [9.17, 15) is 19.2 Å². The monoisotopic (exact) mass is 372 g/mol. The number of thiophene rings is 1. The molecule has 0 aliphatic carbocycles. The zero-order valence-electron chi connectivity index (χ0n) is 10.5. The number of hydrogen-bond donors (Lipinski definition) is 1. The van der Waals surface area contributed by atoms with Crippen molar-refractivity contribution < 1.29 is 14.3 Å². The molecular formula is C12H9BrN2O5S. The minimum atomic E-state index is -0.742. The Kier molecular flexibility index (Phi) is 4.86. The van der Waals surface area contributed by atoms with Crippen LogP contribution in [0.15, 0.2) is 37.8 Å². The molecule has 0 amide bonds. The van der Waals surface area contributed by atoms with Crippen LogP contribution in [0.2, 0.25) is 0 Å². The van der Waals surface area contributed by atoms with Crippen molar-refractivity contribution in [3.8, 4) is 0 Å². The second-order valence-corrected chi connectivity index (χ2v) is 6.39. The van der Waals surface area contributed by atoms with E-state index in [4.69, 9.17) is 4.74 Å². The summed E-state index contributed by atoms with van der Waals surface area (Å²) in [6.07, 6.45) is 1.18. The third kappa shape index (κ3) is 4.23. The van der Waals surface area contributed by atoms with Crippen molar-refractivity contribution in [1.82, 2.24) is 9.55 Å². The lowest BCUT2D eigenvalue weighted by atomic mass is 10.3. The molecule has 0 spiro atoms. The summed E-state index contributed by atoms with van der Waals surface area (Å²) in [6, 6.07) is 4.46. The van der Waals surface area contributed by atoms with E-state index in [0.29, 0.717) is 4.88 Å². The van der Waals surface area contributed by atoms with Crippen molar-refractivity contribution in [1.29, 1.82) is 0 Å². The van der Waals surface area contributed by atoms with Gasteiger partial charge in [0.2, 0.25) is 5.78 Å². The summed E-state index contributed by atoms with van der Waals surface area (Å²) < 4.78 is 6.59. The van der Waals surface area contributed by atoms with Crippen molar-refractivity contribution in [2.75, 3.05) is 6.61 Å². The maximum atomic E-state index is 11.7. The van der Waals surface area contributed by atoms with E-state index < -0.39 is 23.8 Å². The minimum absolute atomic E-state index is 0.326. The van der Waals surface area contributed by atoms with Crippen LogP contribution in [-0.4, -0.2) is 27.9 Å². The molecule has 7 nitrogen and oxygen atoms in total. The molecule has 0 aliphatic rings. The molecular weight excluding hydrogens is 364 g/mol. The van der Waals surface area contributed by atoms with Gasteiger partial charge in [-0.05, 0) is 28.1 Å². The standard InChI is InChI=1S/C12H9BrN2O5S/c13-9-2-1-8(21-9)7(16)6-20-11(18)5-15-4-3-10(17)14-12(15)19/h1-4H,5-6H2,(H,14,17,19). The van der Waals surface area contributed by atoms with Crippen LogP contribution in [0, 0.1) is 0 Å². The third-order valence-corrected chi connectivity index (χ3v) is 4.07. The number of ketones is 1. The summed E-state index contributed by atoms with van der Waals surface area (Å²) in [7, 11) is 0. The zero-order chi connectivity index (χ0) is 15.4. The van der Waals surface area contributed by atoms with Gasteiger partial charge in [0.25, 0.3) is 5.56 Å². The molecule has 0 saturated heterocycles. The first-order valence-electron chi connectivity index (χ1n) is 5.69. The molecule has 0 bridgehead atoms. The normalized spacial score (nSPS) is 10.3. The number of hydrogen-bond acceptors (Lipinski definition) is 6. The van der Waals surface area contributed by atoms with Gasteiger partial charge in [0.1, 0.15) is 6.54 Å². The molecule has 1 N–H and O–H groups in total. The summed E-state index contributed by atoms with van der Waals surface area (Å²) in [6.45, 7) is -0.777. The van der Waals surface area contributed by atoms with E-state index in [0.717, 1.165) is 14.4 Å². The first kappa shape index (κ1) is 15.4. The molecule has 0 aliphatic heterocycles. The van der Waals surface area contributed by atoms with Gasteiger partial charge in [-0.25, -0.2) is 4.79 Å². The number of carbonyl (C=O) groups excluding carboxylic acids is 2. The summed E-state index contributed by atoms with van der Waals surface area (Å²) in [5, 5.41) is 0. The number of esters is 1. The number of nitrogens with one attached hydrogen (secondary N) is 1. The lowest BCUT2D eigenvalue weighted by molar-refractivity contribution is -0.143. The number of nitrogens with zero attached hydrogens (tertiary/aromatic N) is 1. The summed E-state index contributed by atoms with van der Waals surface area (Å²) in [4.78, 5) is 48.0. The number of aromatic amines is 1. The van der Waals surface area contributed by atoms with Gasteiger partial charge < -0.3 is 4.74 Å². The molecule has 0 unspecified atom stereocenters. The zero-order valence-corrected chi connectivity index (χ0v) is 12.9. The van der Waals surface area contributed by atoms with Gasteiger partial charge in [0.15, 0.2) is 6.61 Å². The molecule has 0 saturated carbocycles. The van der Waals surface area contributed by atoms with E-state index in [-0.39, 0.29) is 12.3 Å².